The minimum atomic E-state index is -4.95. The van der Waals surface area contributed by atoms with Crippen LogP contribution in [0.25, 0.3) is 0 Å². The molecule has 3 unspecified atom stereocenters. The zero-order chi connectivity index (χ0) is 65.6. The molecular formula is C70H136O17P2. The molecule has 0 aliphatic rings. The second kappa shape index (κ2) is 63.5. The van der Waals surface area contributed by atoms with E-state index in [4.69, 9.17) is 37.0 Å². The summed E-state index contributed by atoms with van der Waals surface area (Å²) in [5.74, 6) is -1.32. The van der Waals surface area contributed by atoms with Crippen molar-refractivity contribution in [2.75, 3.05) is 39.6 Å². The number of unbranched alkanes of at least 4 members (excludes halogenated alkanes) is 41. The fraction of sp³-hybridized carbons (Fsp3) is 0.943. The molecule has 19 heteroatoms. The van der Waals surface area contributed by atoms with E-state index in [0.29, 0.717) is 25.7 Å². The van der Waals surface area contributed by atoms with Gasteiger partial charge in [0.25, 0.3) is 0 Å². The standard InChI is InChI=1S/C70H136O17P2/c1-6-10-13-16-19-21-23-25-26-27-28-30-36-41-46-51-56-70(75)87-66(60-81-68(73)54-49-44-39-34-32-31-33-38-42-47-52-63(5)9-4)62-85-89(78,79)83-58-64(71)57-82-88(76,77)84-61-65(59-80-67(72)53-48-43-37-18-15-12-8-3)86-69(74)55-50-45-40-35-29-24-22-20-17-14-11-7-2/h63-66,71H,6-62H2,1-5H3,(H,76,77)(H,78,79)/t63?,64-,65+,66+/m0/s1. The minimum absolute atomic E-state index is 0.107. The van der Waals surface area contributed by atoms with E-state index >= 15 is 0 Å². The van der Waals surface area contributed by atoms with Crippen LogP contribution >= 0.6 is 15.6 Å². The van der Waals surface area contributed by atoms with Gasteiger partial charge in [0.05, 0.1) is 26.4 Å². The number of aliphatic hydroxyl groups is 1. The molecule has 0 spiro atoms. The van der Waals surface area contributed by atoms with Crippen LogP contribution in [0.3, 0.4) is 0 Å². The van der Waals surface area contributed by atoms with Crippen LogP contribution in [0.15, 0.2) is 0 Å². The number of carbonyl (C=O) groups is 4. The number of rotatable bonds is 70. The van der Waals surface area contributed by atoms with Crippen LogP contribution in [0.5, 0.6) is 0 Å². The van der Waals surface area contributed by atoms with E-state index in [9.17, 15) is 43.2 Å². The zero-order valence-electron chi connectivity index (χ0n) is 57.6. The second-order valence-electron chi connectivity index (χ2n) is 25.5. The third kappa shape index (κ3) is 63.2. The van der Waals surface area contributed by atoms with Crippen LogP contribution in [0.2, 0.25) is 0 Å². The van der Waals surface area contributed by atoms with E-state index in [2.05, 4.69) is 34.6 Å². The van der Waals surface area contributed by atoms with Gasteiger partial charge in [-0.25, -0.2) is 9.13 Å². The average Bonchev–Trinajstić information content (AvgIpc) is 3.68. The number of phosphoric acid groups is 2. The SMILES string of the molecule is CCCCCCCCCCCCCCCCCCC(=O)O[C@H](COC(=O)CCCCCCCCCCCCC(C)CC)COP(=O)(O)OC[C@@H](O)COP(=O)(O)OC[C@@H](COC(=O)CCCCCCCCC)OC(=O)CCCCCCCCCCCCCC. The molecule has 0 amide bonds. The largest absolute Gasteiger partial charge is 0.472 e. The maximum absolute atomic E-state index is 13.0. The Kier molecular flexibility index (Phi) is 62.1. The summed E-state index contributed by atoms with van der Waals surface area (Å²) in [5, 5.41) is 10.6. The molecule has 0 saturated carbocycles. The van der Waals surface area contributed by atoms with Crippen LogP contribution < -0.4 is 0 Å². The third-order valence-electron chi connectivity index (χ3n) is 16.6. The normalized spacial score (nSPS) is 14.4. The Bertz CT molecular complexity index is 1720. The molecule has 0 aliphatic carbocycles. The van der Waals surface area contributed by atoms with Crippen molar-refractivity contribution >= 4 is 39.5 Å². The van der Waals surface area contributed by atoms with Crippen molar-refractivity contribution in [2.45, 2.75) is 380 Å². The molecule has 0 heterocycles. The highest BCUT2D eigenvalue weighted by atomic mass is 31.2. The third-order valence-corrected chi connectivity index (χ3v) is 18.5. The fourth-order valence-electron chi connectivity index (χ4n) is 10.6. The molecule has 89 heavy (non-hydrogen) atoms. The minimum Gasteiger partial charge on any atom is -0.462 e. The fourth-order valence-corrected chi connectivity index (χ4v) is 12.2. The average molecular weight is 1310 g/mol. The maximum Gasteiger partial charge on any atom is 0.472 e. The molecule has 6 atom stereocenters. The Balaban J connectivity index is 5.21. The van der Waals surface area contributed by atoms with Crippen molar-refractivity contribution < 1.29 is 80.2 Å². The predicted octanol–water partition coefficient (Wildman–Crippen LogP) is 20.1. The van der Waals surface area contributed by atoms with Gasteiger partial charge >= 0.3 is 39.5 Å². The van der Waals surface area contributed by atoms with Gasteiger partial charge in [0.1, 0.15) is 19.3 Å². The molecule has 0 radical (unpaired) electrons. The molecule has 0 rings (SSSR count). The highest BCUT2D eigenvalue weighted by Crippen LogP contribution is 2.45. The van der Waals surface area contributed by atoms with Crippen molar-refractivity contribution in [1.82, 2.24) is 0 Å². The van der Waals surface area contributed by atoms with Gasteiger partial charge in [-0.1, -0.05) is 311 Å². The quantitative estimate of drug-likeness (QED) is 0.0222. The van der Waals surface area contributed by atoms with Crippen molar-refractivity contribution in [3.8, 4) is 0 Å². The number of carbonyl (C=O) groups excluding carboxylic acids is 4. The van der Waals surface area contributed by atoms with E-state index in [1.807, 2.05) is 0 Å². The summed E-state index contributed by atoms with van der Waals surface area (Å²) >= 11 is 0. The Morgan fingerprint density at radius 1 is 0.315 bits per heavy atom. The van der Waals surface area contributed by atoms with E-state index in [0.717, 1.165) is 109 Å². The monoisotopic (exact) mass is 1310 g/mol. The van der Waals surface area contributed by atoms with Gasteiger partial charge in [-0.3, -0.25) is 37.3 Å². The topological polar surface area (TPSA) is 237 Å². The lowest BCUT2D eigenvalue weighted by Gasteiger charge is -2.21. The van der Waals surface area contributed by atoms with Crippen LogP contribution in [0.4, 0.5) is 0 Å². The second-order valence-corrected chi connectivity index (χ2v) is 28.4. The maximum atomic E-state index is 13.0. The summed E-state index contributed by atoms with van der Waals surface area (Å²) < 4.78 is 68.2. The van der Waals surface area contributed by atoms with Gasteiger partial charge in [0.15, 0.2) is 12.2 Å². The predicted molar refractivity (Wildman–Crippen MR) is 358 cm³/mol. The molecule has 17 nitrogen and oxygen atoms in total. The number of esters is 4. The summed E-state index contributed by atoms with van der Waals surface area (Å²) in [7, 11) is -9.89. The van der Waals surface area contributed by atoms with E-state index in [-0.39, 0.29) is 25.7 Å². The van der Waals surface area contributed by atoms with Gasteiger partial charge in [-0.05, 0) is 31.6 Å². The van der Waals surface area contributed by atoms with Gasteiger partial charge in [-0.15, -0.1) is 0 Å². The molecule has 528 valence electrons. The summed E-state index contributed by atoms with van der Waals surface area (Å²) in [6.45, 7) is 7.24. The number of hydrogen-bond donors (Lipinski definition) is 3. The Morgan fingerprint density at radius 2 is 0.539 bits per heavy atom. The molecule has 0 fully saturated rings. The summed E-state index contributed by atoms with van der Waals surface area (Å²) in [5.41, 5.74) is 0. The van der Waals surface area contributed by atoms with Crippen molar-refractivity contribution in [3.63, 3.8) is 0 Å². The summed E-state index contributed by atoms with van der Waals surface area (Å²) in [6, 6.07) is 0. The first-order valence-electron chi connectivity index (χ1n) is 36.7. The molecule has 0 aromatic heterocycles. The highest BCUT2D eigenvalue weighted by Gasteiger charge is 2.30. The van der Waals surface area contributed by atoms with E-state index in [1.165, 1.54) is 173 Å². The number of ether oxygens (including phenoxy) is 4. The van der Waals surface area contributed by atoms with Crippen molar-refractivity contribution in [3.05, 3.63) is 0 Å². The molecule has 0 aromatic carbocycles. The first-order valence-corrected chi connectivity index (χ1v) is 39.7. The molecule has 0 bridgehead atoms. The van der Waals surface area contributed by atoms with Crippen LogP contribution in [0.1, 0.15) is 362 Å². The lowest BCUT2D eigenvalue weighted by molar-refractivity contribution is -0.161. The van der Waals surface area contributed by atoms with Gasteiger partial charge in [-0.2, -0.15) is 0 Å². The number of hydrogen-bond acceptors (Lipinski definition) is 15. The Hall–Kier alpha value is -1.94. The molecule has 3 N–H and O–H groups in total. The van der Waals surface area contributed by atoms with E-state index in [1.54, 1.807) is 0 Å². The first-order chi connectivity index (χ1) is 43.1. The van der Waals surface area contributed by atoms with Crippen LogP contribution in [-0.2, 0) is 65.4 Å². The number of aliphatic hydroxyl groups excluding tert-OH is 1. The smallest absolute Gasteiger partial charge is 0.462 e. The highest BCUT2D eigenvalue weighted by molar-refractivity contribution is 7.47. The lowest BCUT2D eigenvalue weighted by atomic mass is 9.99. The first kappa shape index (κ1) is 87.1. The molecule has 0 aliphatic heterocycles. The Labute approximate surface area is 543 Å². The Morgan fingerprint density at radius 3 is 0.798 bits per heavy atom. The van der Waals surface area contributed by atoms with E-state index < -0.39 is 97.5 Å². The van der Waals surface area contributed by atoms with Crippen LogP contribution in [-0.4, -0.2) is 96.7 Å². The summed E-state index contributed by atoms with van der Waals surface area (Å²) in [4.78, 5) is 72.4. The molecular weight excluding hydrogens is 1170 g/mol. The summed E-state index contributed by atoms with van der Waals surface area (Å²) in [6.07, 6.45) is 49.9. The van der Waals surface area contributed by atoms with Crippen LogP contribution in [0, 0.1) is 5.92 Å². The van der Waals surface area contributed by atoms with Gasteiger partial charge in [0, 0.05) is 25.7 Å². The van der Waals surface area contributed by atoms with Crippen molar-refractivity contribution in [1.29, 1.82) is 0 Å². The molecule has 0 saturated heterocycles. The van der Waals surface area contributed by atoms with Crippen molar-refractivity contribution in [2.24, 2.45) is 5.92 Å². The lowest BCUT2D eigenvalue weighted by Crippen LogP contribution is -2.30. The molecule has 0 aromatic rings. The van der Waals surface area contributed by atoms with Gasteiger partial charge in [0.2, 0.25) is 0 Å². The number of phosphoric ester groups is 2. The van der Waals surface area contributed by atoms with Gasteiger partial charge < -0.3 is 33.8 Å². The zero-order valence-corrected chi connectivity index (χ0v) is 59.4.